The summed E-state index contributed by atoms with van der Waals surface area (Å²) in [4.78, 5) is 38.9. The van der Waals surface area contributed by atoms with Gasteiger partial charge in [0.15, 0.2) is 25.0 Å². The number of fused-ring (bicyclic) bond motifs is 7. The van der Waals surface area contributed by atoms with Crippen LogP contribution in [0.15, 0.2) is 11.6 Å². The zero-order chi connectivity index (χ0) is 50.0. The highest BCUT2D eigenvalue weighted by molar-refractivity contribution is 5.92. The van der Waals surface area contributed by atoms with Crippen molar-refractivity contribution >= 4 is 17.7 Å². The van der Waals surface area contributed by atoms with E-state index < -0.39 is 133 Å². The Kier molecular flexibility index (Phi) is 13.8. The first-order chi connectivity index (χ1) is 31.7. The SMILES string of the molecule is C[C@@H]1O[C@H](O[C@@H]2[C@@H](O[C@@H]3[C@@H](O[C@H]4CC[C@@]5(C)[C@@H](CC[C@@]6(C)[C@@H]5CC=C5[C@H]7C[C@@](C)(C(=O)O)CC(=O)[C@]7(C)CC[C@]56C)[C@]4(C)CO)O[C@@H](C(=O)O)[C@H](O)[C@H]3O)O[C@@H](CO)[C@H](O)[C@H]2O)[C@@H](O)[C@H](O)[C@H]1O. The van der Waals surface area contributed by atoms with Gasteiger partial charge in [-0.05, 0) is 99.2 Å². The second-order valence-electron chi connectivity index (χ2n) is 23.1. The van der Waals surface area contributed by atoms with E-state index in [1.54, 1.807) is 6.92 Å². The predicted octanol–water partition coefficient (Wildman–Crippen LogP) is -0.0225. The van der Waals surface area contributed by atoms with Crippen LogP contribution in [0.3, 0.4) is 0 Å². The van der Waals surface area contributed by atoms with Crippen molar-refractivity contribution in [2.24, 2.45) is 50.2 Å². The number of carboxylic acid groups (broad SMARTS) is 2. The minimum Gasteiger partial charge on any atom is -0.481 e. The van der Waals surface area contributed by atoms with Crippen LogP contribution in [-0.2, 0) is 42.8 Å². The Morgan fingerprint density at radius 3 is 1.96 bits per heavy atom. The quantitative estimate of drug-likeness (QED) is 0.101. The van der Waals surface area contributed by atoms with Crippen LogP contribution in [0.1, 0.15) is 106 Å². The molecule has 5 aliphatic carbocycles. The molecule has 11 N–H and O–H groups in total. The summed E-state index contributed by atoms with van der Waals surface area (Å²) >= 11 is 0. The van der Waals surface area contributed by atoms with Crippen LogP contribution >= 0.6 is 0 Å². The molecule has 20 heteroatoms. The number of hydrogen-bond acceptors (Lipinski definition) is 18. The number of carbonyl (C=O) groups is 3. The minimum atomic E-state index is -2.10. The fourth-order valence-electron chi connectivity index (χ4n) is 14.9. The Morgan fingerprint density at radius 1 is 0.706 bits per heavy atom. The van der Waals surface area contributed by atoms with E-state index >= 15 is 0 Å². The number of carboxylic acids is 2. The van der Waals surface area contributed by atoms with E-state index in [0.29, 0.717) is 38.5 Å². The summed E-state index contributed by atoms with van der Waals surface area (Å²) in [5, 5.41) is 118. The van der Waals surface area contributed by atoms with Crippen molar-refractivity contribution in [2.75, 3.05) is 13.2 Å². The van der Waals surface area contributed by atoms with E-state index in [1.807, 2.05) is 13.8 Å². The number of Topliss-reactive ketones (excluding diaryl/α,β-unsaturated/α-hetero) is 1. The monoisotopic (exact) mass is 970 g/mol. The first-order valence-electron chi connectivity index (χ1n) is 24.3. The average molecular weight is 971 g/mol. The molecule has 8 rings (SSSR count). The summed E-state index contributed by atoms with van der Waals surface area (Å²) in [6, 6.07) is 0. The third kappa shape index (κ3) is 7.77. The van der Waals surface area contributed by atoms with Gasteiger partial charge in [-0.2, -0.15) is 0 Å². The zero-order valence-electron chi connectivity index (χ0n) is 39.9. The van der Waals surface area contributed by atoms with Gasteiger partial charge >= 0.3 is 11.9 Å². The number of ether oxygens (including phenoxy) is 6. The maximum atomic E-state index is 13.8. The molecule has 20 nitrogen and oxygen atoms in total. The van der Waals surface area contributed by atoms with Crippen LogP contribution < -0.4 is 0 Å². The summed E-state index contributed by atoms with van der Waals surface area (Å²) in [6.45, 7) is 12.6. The fourth-order valence-corrected chi connectivity index (χ4v) is 14.9. The molecular formula is C48H74O20. The standard InChI is InChI=1S/C48H74O20/c1-20-28(52)30(54)34(58)39(63-20)67-36-31(55)29(53)23(18-49)64-40(36)68-37-33(57)32(56)35(38(59)60)66-41(37)65-27-11-12-45(4)24(46(27,5)19-50)10-13-48(7)25(45)9-8-21-22-16-43(2,42(61)62)17-26(51)44(22,3)14-15-47(21,48)6/h8,20,22-25,27-37,39-41,49-50,52-58H,9-19H2,1-7H3,(H,59,60)(H,61,62)/t20-,22+,23-,24+,25+,27-,28-,29-,30+,31+,32+,33+,34-,35+,36-,37-,39+,40+,41-,43+,44+,45-,46-,47+,48-/m0/s1. The van der Waals surface area contributed by atoms with Gasteiger partial charge < -0.3 is 84.6 Å². The highest BCUT2D eigenvalue weighted by Crippen LogP contribution is 2.75. The molecule has 0 aromatic carbocycles. The van der Waals surface area contributed by atoms with Crippen LogP contribution in [0.4, 0.5) is 0 Å². The summed E-state index contributed by atoms with van der Waals surface area (Å²) in [5.74, 6) is -2.88. The van der Waals surface area contributed by atoms with Gasteiger partial charge in [0.25, 0.3) is 0 Å². The molecule has 68 heavy (non-hydrogen) atoms. The lowest BCUT2D eigenvalue weighted by Gasteiger charge is -2.71. The van der Waals surface area contributed by atoms with Gasteiger partial charge in [-0.15, -0.1) is 0 Å². The molecule has 0 amide bonds. The van der Waals surface area contributed by atoms with Crippen molar-refractivity contribution < 1.29 is 99.0 Å². The van der Waals surface area contributed by atoms with Gasteiger partial charge in [0.1, 0.15) is 66.8 Å². The molecule has 3 aliphatic heterocycles. The smallest absolute Gasteiger partial charge is 0.335 e. The number of allylic oxidation sites excluding steroid dienone is 2. The number of aliphatic carboxylic acids is 2. The molecule has 3 saturated heterocycles. The summed E-state index contributed by atoms with van der Waals surface area (Å²) in [5.41, 5.74) is -2.66. The van der Waals surface area contributed by atoms with Crippen molar-refractivity contribution in [1.29, 1.82) is 0 Å². The van der Waals surface area contributed by atoms with Crippen molar-refractivity contribution in [1.82, 2.24) is 0 Å². The van der Waals surface area contributed by atoms with Gasteiger partial charge in [0.2, 0.25) is 0 Å². The lowest BCUT2D eigenvalue weighted by molar-refractivity contribution is -0.396. The number of hydrogen-bond donors (Lipinski definition) is 11. The topological polar surface area (TPSA) is 329 Å². The third-order valence-corrected chi connectivity index (χ3v) is 19.6. The molecule has 0 aromatic heterocycles. The van der Waals surface area contributed by atoms with E-state index in [-0.39, 0.29) is 52.8 Å². The summed E-state index contributed by atoms with van der Waals surface area (Å²) in [6.07, 6.45) is -20.5. The van der Waals surface area contributed by atoms with Crippen molar-refractivity contribution in [3.05, 3.63) is 11.6 Å². The van der Waals surface area contributed by atoms with Crippen LogP contribution in [0.25, 0.3) is 0 Å². The first kappa shape index (κ1) is 52.1. The van der Waals surface area contributed by atoms with Crippen LogP contribution in [0.5, 0.6) is 0 Å². The molecule has 3 heterocycles. The van der Waals surface area contributed by atoms with Gasteiger partial charge in [-0.1, -0.05) is 46.3 Å². The highest BCUT2D eigenvalue weighted by Gasteiger charge is 2.70. The normalized spacial score (nSPS) is 54.9. The molecule has 0 radical (unpaired) electrons. The molecule has 4 saturated carbocycles. The number of aliphatic hydroxyl groups excluding tert-OH is 9. The maximum Gasteiger partial charge on any atom is 0.335 e. The Bertz CT molecular complexity index is 1970. The van der Waals surface area contributed by atoms with Crippen molar-refractivity contribution in [2.45, 2.75) is 204 Å². The van der Waals surface area contributed by atoms with E-state index in [0.717, 1.165) is 12.8 Å². The molecule has 25 atom stereocenters. The van der Waals surface area contributed by atoms with E-state index in [1.165, 1.54) is 12.5 Å². The fraction of sp³-hybridized carbons (Fsp3) is 0.896. The van der Waals surface area contributed by atoms with Gasteiger partial charge in [-0.25, -0.2) is 4.79 Å². The number of carbonyl (C=O) groups excluding carboxylic acids is 1. The van der Waals surface area contributed by atoms with Gasteiger partial charge in [0.05, 0.1) is 30.8 Å². The molecule has 0 unspecified atom stereocenters. The summed E-state index contributed by atoms with van der Waals surface area (Å²) in [7, 11) is 0. The first-order valence-corrected chi connectivity index (χ1v) is 24.3. The van der Waals surface area contributed by atoms with Crippen LogP contribution in [-0.4, -0.2) is 185 Å². The Hall–Kier alpha value is -2.25. The van der Waals surface area contributed by atoms with Crippen LogP contribution in [0.2, 0.25) is 0 Å². The number of ketones is 1. The Morgan fingerprint density at radius 2 is 1.34 bits per heavy atom. The lowest BCUT2D eigenvalue weighted by Crippen LogP contribution is -2.68. The predicted molar refractivity (Wildman–Crippen MR) is 232 cm³/mol. The van der Waals surface area contributed by atoms with Crippen LogP contribution in [0, 0.1) is 50.2 Å². The molecule has 7 fully saturated rings. The second kappa shape index (κ2) is 18.0. The van der Waals surface area contributed by atoms with Gasteiger partial charge in [0, 0.05) is 17.3 Å². The van der Waals surface area contributed by atoms with Crippen molar-refractivity contribution in [3.8, 4) is 0 Å². The van der Waals surface area contributed by atoms with E-state index in [4.69, 9.17) is 28.4 Å². The molecule has 8 aliphatic rings. The molecule has 386 valence electrons. The number of aliphatic hydroxyl groups is 9. The Labute approximate surface area is 395 Å². The maximum absolute atomic E-state index is 13.8. The van der Waals surface area contributed by atoms with Gasteiger partial charge in [-0.3, -0.25) is 9.59 Å². The number of rotatable bonds is 10. The minimum absolute atomic E-state index is 0.00356. The zero-order valence-corrected chi connectivity index (χ0v) is 39.9. The molecule has 0 bridgehead atoms. The second-order valence-corrected chi connectivity index (χ2v) is 23.1. The molecular weight excluding hydrogens is 897 g/mol. The average Bonchev–Trinajstić information content (AvgIpc) is 3.28. The summed E-state index contributed by atoms with van der Waals surface area (Å²) < 4.78 is 36.1. The van der Waals surface area contributed by atoms with E-state index in [2.05, 4.69) is 26.8 Å². The lowest BCUT2D eigenvalue weighted by atomic mass is 9.33. The molecule has 0 spiro atoms. The largest absolute Gasteiger partial charge is 0.481 e. The third-order valence-electron chi connectivity index (χ3n) is 19.6. The van der Waals surface area contributed by atoms with Crippen molar-refractivity contribution in [3.63, 3.8) is 0 Å². The Balaban J connectivity index is 1.08. The highest BCUT2D eigenvalue weighted by atomic mass is 16.8. The molecule has 0 aromatic rings. The van der Waals surface area contributed by atoms with E-state index in [9.17, 15) is 70.6 Å².